The summed E-state index contributed by atoms with van der Waals surface area (Å²) in [7, 11) is 0. The molecule has 1 fully saturated rings. The molecule has 0 amide bonds. The minimum atomic E-state index is -0.0108. The second-order valence-electron chi connectivity index (χ2n) is 6.09. The molecule has 0 spiro atoms. The molecule has 0 aliphatic heterocycles. The summed E-state index contributed by atoms with van der Waals surface area (Å²) in [6.45, 7) is 4.67. The Morgan fingerprint density at radius 1 is 1.25 bits per heavy atom. The fourth-order valence-corrected chi connectivity index (χ4v) is 3.11. The Morgan fingerprint density at radius 3 is 2.56 bits per heavy atom. The van der Waals surface area contributed by atoms with Crippen molar-refractivity contribution >= 4 is 0 Å². The molecule has 1 aliphatic rings. The van der Waals surface area contributed by atoms with Gasteiger partial charge in [0.25, 0.3) is 0 Å². The summed E-state index contributed by atoms with van der Waals surface area (Å²) >= 11 is 0. The van der Waals surface area contributed by atoms with Crippen LogP contribution in [0, 0.1) is 5.41 Å². The van der Waals surface area contributed by atoms with Crippen molar-refractivity contribution in [2.24, 2.45) is 11.1 Å². The van der Waals surface area contributed by atoms with Gasteiger partial charge in [0.15, 0.2) is 0 Å². The van der Waals surface area contributed by atoms with Crippen LogP contribution in [-0.4, -0.2) is 10.5 Å². The first-order chi connectivity index (χ1) is 7.49. The number of rotatable bonds is 2. The van der Waals surface area contributed by atoms with Crippen molar-refractivity contribution in [2.75, 3.05) is 0 Å². The predicted octanol–water partition coefficient (Wildman–Crippen LogP) is 2.92. The van der Waals surface area contributed by atoms with Crippen LogP contribution in [0.1, 0.15) is 45.1 Å². The maximum Gasteiger partial charge on any atom is 0.0270 e. The van der Waals surface area contributed by atoms with E-state index in [-0.39, 0.29) is 5.54 Å². The highest BCUT2D eigenvalue weighted by Gasteiger charge is 2.36. The lowest BCUT2D eigenvalue weighted by molar-refractivity contribution is 0.151. The van der Waals surface area contributed by atoms with E-state index < -0.39 is 0 Å². The summed E-state index contributed by atoms with van der Waals surface area (Å²) in [6, 6.07) is 4.16. The maximum absolute atomic E-state index is 6.55. The van der Waals surface area contributed by atoms with Gasteiger partial charge in [-0.3, -0.25) is 4.98 Å². The molecule has 1 aromatic rings. The SMILES string of the molecule is CC1(C)CCCC(N)(Cc2ccncc2)C1. The van der Waals surface area contributed by atoms with Crippen LogP contribution >= 0.6 is 0 Å². The van der Waals surface area contributed by atoms with Crippen LogP contribution in [0.15, 0.2) is 24.5 Å². The van der Waals surface area contributed by atoms with Crippen molar-refractivity contribution in [3.05, 3.63) is 30.1 Å². The maximum atomic E-state index is 6.55. The third kappa shape index (κ3) is 2.82. The molecule has 0 aromatic carbocycles. The number of nitrogens with zero attached hydrogens (tertiary/aromatic N) is 1. The van der Waals surface area contributed by atoms with Crippen molar-refractivity contribution < 1.29 is 0 Å². The zero-order valence-electron chi connectivity index (χ0n) is 10.4. The van der Waals surface area contributed by atoms with Crippen molar-refractivity contribution in [3.8, 4) is 0 Å². The van der Waals surface area contributed by atoms with Crippen LogP contribution in [0.25, 0.3) is 0 Å². The first-order valence-electron chi connectivity index (χ1n) is 6.17. The van der Waals surface area contributed by atoms with Crippen LogP contribution in [-0.2, 0) is 6.42 Å². The van der Waals surface area contributed by atoms with E-state index in [1.54, 1.807) is 0 Å². The van der Waals surface area contributed by atoms with Crippen LogP contribution in [0.5, 0.6) is 0 Å². The van der Waals surface area contributed by atoms with E-state index in [2.05, 4.69) is 31.0 Å². The smallest absolute Gasteiger partial charge is 0.0270 e. The summed E-state index contributed by atoms with van der Waals surface area (Å²) in [6.07, 6.45) is 9.54. The quantitative estimate of drug-likeness (QED) is 0.829. The number of hydrogen-bond acceptors (Lipinski definition) is 2. The first kappa shape index (κ1) is 11.6. The number of aromatic nitrogens is 1. The van der Waals surface area contributed by atoms with Gasteiger partial charge in [-0.25, -0.2) is 0 Å². The molecule has 1 heterocycles. The van der Waals surface area contributed by atoms with Crippen LogP contribution in [0.2, 0.25) is 0 Å². The molecular weight excluding hydrogens is 196 g/mol. The van der Waals surface area contributed by atoms with E-state index in [1.165, 1.54) is 18.4 Å². The van der Waals surface area contributed by atoms with Crippen LogP contribution < -0.4 is 5.73 Å². The minimum Gasteiger partial charge on any atom is -0.325 e. The molecular formula is C14H22N2. The lowest BCUT2D eigenvalue weighted by Gasteiger charge is -2.42. The van der Waals surface area contributed by atoms with Gasteiger partial charge in [0.1, 0.15) is 0 Å². The lowest BCUT2D eigenvalue weighted by atomic mass is 9.67. The molecule has 88 valence electrons. The van der Waals surface area contributed by atoms with Crippen LogP contribution in [0.3, 0.4) is 0 Å². The zero-order chi connectivity index (χ0) is 11.6. The van der Waals surface area contributed by atoms with Crippen molar-refractivity contribution in [1.82, 2.24) is 4.98 Å². The Balaban J connectivity index is 2.08. The van der Waals surface area contributed by atoms with Gasteiger partial charge in [-0.05, 0) is 48.8 Å². The predicted molar refractivity (Wildman–Crippen MR) is 67.1 cm³/mol. The molecule has 0 radical (unpaired) electrons. The molecule has 1 saturated carbocycles. The van der Waals surface area contributed by atoms with E-state index >= 15 is 0 Å². The lowest BCUT2D eigenvalue weighted by Crippen LogP contribution is -2.48. The summed E-state index contributed by atoms with van der Waals surface area (Å²) in [5.74, 6) is 0. The topological polar surface area (TPSA) is 38.9 Å². The summed E-state index contributed by atoms with van der Waals surface area (Å²) in [5, 5.41) is 0. The van der Waals surface area contributed by atoms with Gasteiger partial charge >= 0.3 is 0 Å². The molecule has 0 saturated heterocycles. The zero-order valence-corrected chi connectivity index (χ0v) is 10.4. The normalized spacial score (nSPS) is 28.9. The molecule has 1 aromatic heterocycles. The molecule has 1 aliphatic carbocycles. The first-order valence-corrected chi connectivity index (χ1v) is 6.17. The molecule has 2 heteroatoms. The highest BCUT2D eigenvalue weighted by molar-refractivity contribution is 5.15. The van der Waals surface area contributed by atoms with Gasteiger partial charge in [0.05, 0.1) is 0 Å². The van der Waals surface area contributed by atoms with E-state index in [1.807, 2.05) is 12.4 Å². The molecule has 2 N–H and O–H groups in total. The van der Waals surface area contributed by atoms with E-state index in [9.17, 15) is 0 Å². The molecule has 2 nitrogen and oxygen atoms in total. The van der Waals surface area contributed by atoms with Gasteiger partial charge in [-0.1, -0.05) is 20.3 Å². The number of hydrogen-bond donors (Lipinski definition) is 1. The van der Waals surface area contributed by atoms with E-state index in [4.69, 9.17) is 5.73 Å². The highest BCUT2D eigenvalue weighted by atomic mass is 14.8. The minimum absolute atomic E-state index is 0.0108. The average molecular weight is 218 g/mol. The highest BCUT2D eigenvalue weighted by Crippen LogP contribution is 2.40. The van der Waals surface area contributed by atoms with Crippen molar-refractivity contribution in [2.45, 2.75) is 51.5 Å². The second-order valence-corrected chi connectivity index (χ2v) is 6.09. The summed E-state index contributed by atoms with van der Waals surface area (Å²) in [5.41, 5.74) is 8.25. The van der Waals surface area contributed by atoms with E-state index in [0.29, 0.717) is 5.41 Å². The number of pyridine rings is 1. The fraction of sp³-hybridized carbons (Fsp3) is 0.643. The molecule has 1 atom stereocenters. The van der Waals surface area contributed by atoms with Gasteiger partial charge in [0, 0.05) is 17.9 Å². The fourth-order valence-electron chi connectivity index (χ4n) is 3.11. The van der Waals surface area contributed by atoms with Crippen molar-refractivity contribution in [3.63, 3.8) is 0 Å². The van der Waals surface area contributed by atoms with Gasteiger partial charge in [-0.2, -0.15) is 0 Å². The molecule has 16 heavy (non-hydrogen) atoms. The third-order valence-corrected chi connectivity index (χ3v) is 3.66. The molecule has 0 bridgehead atoms. The monoisotopic (exact) mass is 218 g/mol. The Kier molecular flexibility index (Phi) is 3.02. The average Bonchev–Trinajstić information content (AvgIpc) is 2.16. The Labute approximate surface area is 98.3 Å². The second kappa shape index (κ2) is 4.17. The molecule has 1 unspecified atom stereocenters. The Bertz CT molecular complexity index is 345. The standard InChI is InChI=1S/C14H22N2/c1-13(2)6-3-7-14(15,11-13)10-12-4-8-16-9-5-12/h4-5,8-9H,3,6-7,10-11,15H2,1-2H3. The third-order valence-electron chi connectivity index (χ3n) is 3.66. The van der Waals surface area contributed by atoms with Gasteiger partial charge in [0.2, 0.25) is 0 Å². The van der Waals surface area contributed by atoms with Gasteiger partial charge in [-0.15, -0.1) is 0 Å². The molecule has 2 rings (SSSR count). The Hall–Kier alpha value is -0.890. The van der Waals surface area contributed by atoms with Crippen LogP contribution in [0.4, 0.5) is 0 Å². The van der Waals surface area contributed by atoms with E-state index in [0.717, 1.165) is 19.3 Å². The summed E-state index contributed by atoms with van der Waals surface area (Å²) in [4.78, 5) is 4.05. The summed E-state index contributed by atoms with van der Waals surface area (Å²) < 4.78 is 0. The number of nitrogens with two attached hydrogens (primary N) is 1. The Morgan fingerprint density at radius 2 is 1.94 bits per heavy atom. The van der Waals surface area contributed by atoms with Gasteiger partial charge < -0.3 is 5.73 Å². The largest absolute Gasteiger partial charge is 0.325 e. The van der Waals surface area contributed by atoms with Crippen molar-refractivity contribution in [1.29, 1.82) is 0 Å².